The monoisotopic (exact) mass is 377 g/mol. The first kappa shape index (κ1) is 18.8. The summed E-state index contributed by atoms with van der Waals surface area (Å²) in [5, 5.41) is 0. The van der Waals surface area contributed by atoms with Gasteiger partial charge >= 0.3 is 0 Å². The van der Waals surface area contributed by atoms with E-state index in [-0.39, 0.29) is 24.3 Å². The second-order valence-corrected chi connectivity index (χ2v) is 7.88. The molecule has 0 radical (unpaired) electrons. The molecule has 2 fully saturated rings. The quantitative estimate of drug-likeness (QED) is 0.821. The molecule has 2 aromatic carbocycles. The first-order valence-corrected chi connectivity index (χ1v) is 9.99. The van der Waals surface area contributed by atoms with Gasteiger partial charge in [-0.25, -0.2) is 0 Å². The Labute approximate surface area is 166 Å². The van der Waals surface area contributed by atoms with E-state index in [1.54, 1.807) is 4.90 Å². The highest BCUT2D eigenvalue weighted by molar-refractivity contribution is 5.99. The van der Waals surface area contributed by atoms with Crippen LogP contribution in [-0.4, -0.2) is 78.7 Å². The van der Waals surface area contributed by atoms with Crippen molar-refractivity contribution < 1.29 is 9.59 Å². The second kappa shape index (κ2) is 8.25. The molecule has 28 heavy (non-hydrogen) atoms. The molecule has 4 rings (SSSR count). The fraction of sp³-hybridized carbons (Fsp3) is 0.391. The molecule has 0 spiro atoms. The number of carbonyl (C=O) groups is 2. The maximum Gasteiger partial charge on any atom is 0.254 e. The van der Waals surface area contributed by atoms with Crippen LogP contribution in [0.5, 0.6) is 0 Å². The minimum absolute atomic E-state index is 0.0165. The Morgan fingerprint density at radius 3 is 2.25 bits per heavy atom. The lowest BCUT2D eigenvalue weighted by Crippen LogP contribution is -2.50. The van der Waals surface area contributed by atoms with Crippen LogP contribution in [-0.2, 0) is 4.79 Å². The summed E-state index contributed by atoms with van der Waals surface area (Å²) in [6.07, 6.45) is 0.472. The summed E-state index contributed by atoms with van der Waals surface area (Å²) in [6, 6.07) is 17.8. The predicted molar refractivity (Wildman–Crippen MR) is 110 cm³/mol. The molecule has 1 amide bonds. The molecule has 5 nitrogen and oxygen atoms in total. The van der Waals surface area contributed by atoms with Crippen LogP contribution in [0.4, 0.5) is 0 Å². The predicted octanol–water partition coefficient (Wildman–Crippen LogP) is 2.38. The van der Waals surface area contributed by atoms with Crippen molar-refractivity contribution in [2.75, 3.05) is 46.3 Å². The van der Waals surface area contributed by atoms with Gasteiger partial charge in [0.2, 0.25) is 0 Å². The van der Waals surface area contributed by atoms with Crippen LogP contribution in [0.25, 0.3) is 11.1 Å². The number of carbonyl (C=O) groups excluding carboxylic acids is 2. The summed E-state index contributed by atoms with van der Waals surface area (Å²) in [5.74, 6) is 0.123. The van der Waals surface area contributed by atoms with Gasteiger partial charge in [0.15, 0.2) is 5.78 Å². The van der Waals surface area contributed by atoms with Gasteiger partial charge in [-0.15, -0.1) is 0 Å². The highest BCUT2D eigenvalue weighted by atomic mass is 16.2. The maximum atomic E-state index is 13.1. The summed E-state index contributed by atoms with van der Waals surface area (Å²) in [7, 11) is 2.13. The summed E-state index contributed by atoms with van der Waals surface area (Å²) < 4.78 is 0. The zero-order valence-corrected chi connectivity index (χ0v) is 16.4. The Balaban J connectivity index is 1.45. The zero-order chi connectivity index (χ0) is 19.5. The minimum atomic E-state index is -0.0374. The van der Waals surface area contributed by atoms with Gasteiger partial charge in [0, 0.05) is 44.7 Å². The van der Waals surface area contributed by atoms with E-state index >= 15 is 0 Å². The number of piperazine rings is 1. The fourth-order valence-electron chi connectivity index (χ4n) is 4.09. The van der Waals surface area contributed by atoms with E-state index in [2.05, 4.69) is 29.0 Å². The first-order valence-electron chi connectivity index (χ1n) is 9.99. The van der Waals surface area contributed by atoms with Gasteiger partial charge in [-0.1, -0.05) is 42.5 Å². The number of hydrogen-bond donors (Lipinski definition) is 0. The summed E-state index contributed by atoms with van der Waals surface area (Å²) >= 11 is 0. The molecular formula is C23H27N3O2. The van der Waals surface area contributed by atoms with Crippen LogP contribution in [0.3, 0.4) is 0 Å². The number of ketones is 1. The molecule has 2 aliphatic heterocycles. The molecule has 0 saturated carbocycles. The molecule has 2 aromatic rings. The normalized spacial score (nSPS) is 21.2. The summed E-state index contributed by atoms with van der Waals surface area (Å²) in [4.78, 5) is 31.7. The van der Waals surface area contributed by atoms with E-state index in [4.69, 9.17) is 0 Å². The third kappa shape index (κ3) is 4.16. The van der Waals surface area contributed by atoms with Crippen LogP contribution in [0.1, 0.15) is 16.8 Å². The molecule has 0 N–H and O–H groups in total. The topological polar surface area (TPSA) is 43.9 Å². The number of likely N-dealkylation sites (tertiary alicyclic amines) is 1. The smallest absolute Gasteiger partial charge is 0.254 e. The lowest BCUT2D eigenvalue weighted by molar-refractivity contribution is -0.116. The highest BCUT2D eigenvalue weighted by Gasteiger charge is 2.35. The van der Waals surface area contributed by atoms with E-state index in [1.165, 1.54) is 0 Å². The zero-order valence-electron chi connectivity index (χ0n) is 16.4. The van der Waals surface area contributed by atoms with Crippen molar-refractivity contribution >= 4 is 11.7 Å². The molecule has 146 valence electrons. The average molecular weight is 377 g/mol. The molecule has 2 saturated heterocycles. The summed E-state index contributed by atoms with van der Waals surface area (Å²) in [6.45, 7) is 5.08. The van der Waals surface area contributed by atoms with E-state index in [0.29, 0.717) is 12.0 Å². The van der Waals surface area contributed by atoms with Crippen LogP contribution in [0.15, 0.2) is 54.6 Å². The molecular weight excluding hydrogens is 350 g/mol. The van der Waals surface area contributed by atoms with E-state index < -0.39 is 0 Å². The Morgan fingerprint density at radius 2 is 1.57 bits per heavy atom. The van der Waals surface area contributed by atoms with Crippen molar-refractivity contribution in [3.63, 3.8) is 0 Å². The second-order valence-electron chi connectivity index (χ2n) is 7.88. The number of likely N-dealkylation sites (N-methyl/N-ethyl adjacent to an activating group) is 1. The fourth-order valence-corrected chi connectivity index (χ4v) is 4.09. The van der Waals surface area contributed by atoms with Gasteiger partial charge in [0.05, 0.1) is 12.6 Å². The van der Waals surface area contributed by atoms with Crippen LogP contribution < -0.4 is 0 Å². The van der Waals surface area contributed by atoms with Crippen molar-refractivity contribution in [3.8, 4) is 11.1 Å². The standard InChI is InChI=1S/C23H27N3O2/c1-24-11-13-25(14-12-24)16-21-15-22(27)17-26(21)23(28)20-9-7-19(8-10-20)18-5-3-2-4-6-18/h2-10,21H,11-17H2,1H3. The minimum Gasteiger partial charge on any atom is -0.327 e. The average Bonchev–Trinajstić information content (AvgIpc) is 3.10. The summed E-state index contributed by atoms with van der Waals surface area (Å²) in [5.41, 5.74) is 2.87. The molecule has 2 heterocycles. The number of hydrogen-bond acceptors (Lipinski definition) is 4. The molecule has 1 unspecified atom stereocenters. The molecule has 5 heteroatoms. The lowest BCUT2D eigenvalue weighted by Gasteiger charge is -2.35. The van der Waals surface area contributed by atoms with Gasteiger partial charge in [-0.05, 0) is 30.3 Å². The Kier molecular flexibility index (Phi) is 5.55. The van der Waals surface area contributed by atoms with E-state index in [0.717, 1.165) is 43.9 Å². The van der Waals surface area contributed by atoms with E-state index in [1.807, 2.05) is 42.5 Å². The molecule has 0 aromatic heterocycles. The van der Waals surface area contributed by atoms with Crippen LogP contribution in [0, 0.1) is 0 Å². The van der Waals surface area contributed by atoms with Gasteiger partial charge in [0.25, 0.3) is 5.91 Å². The van der Waals surface area contributed by atoms with Crippen LogP contribution >= 0.6 is 0 Å². The number of benzene rings is 2. The van der Waals surface area contributed by atoms with Crippen molar-refractivity contribution in [2.24, 2.45) is 0 Å². The number of rotatable bonds is 4. The Morgan fingerprint density at radius 1 is 0.929 bits per heavy atom. The van der Waals surface area contributed by atoms with Gasteiger partial charge < -0.3 is 9.80 Å². The SMILES string of the molecule is CN1CCN(CC2CC(=O)CN2C(=O)c2ccc(-c3ccccc3)cc2)CC1. The van der Waals surface area contributed by atoms with Gasteiger partial charge in [-0.2, -0.15) is 0 Å². The third-order valence-electron chi connectivity index (χ3n) is 5.82. The number of Topliss-reactive ketones (excluding diaryl/α,β-unsaturated/α-hetero) is 1. The van der Waals surface area contributed by atoms with Crippen molar-refractivity contribution in [2.45, 2.75) is 12.5 Å². The Bertz CT molecular complexity index is 827. The van der Waals surface area contributed by atoms with Crippen molar-refractivity contribution in [1.29, 1.82) is 0 Å². The Hall–Kier alpha value is -2.50. The van der Waals surface area contributed by atoms with Gasteiger partial charge in [-0.3, -0.25) is 14.5 Å². The van der Waals surface area contributed by atoms with E-state index in [9.17, 15) is 9.59 Å². The number of amides is 1. The molecule has 1 atom stereocenters. The van der Waals surface area contributed by atoms with Crippen LogP contribution in [0.2, 0.25) is 0 Å². The third-order valence-corrected chi connectivity index (χ3v) is 5.82. The molecule has 2 aliphatic rings. The van der Waals surface area contributed by atoms with Crippen molar-refractivity contribution in [3.05, 3.63) is 60.2 Å². The molecule has 0 bridgehead atoms. The first-order chi connectivity index (χ1) is 13.6. The molecule has 0 aliphatic carbocycles. The number of nitrogens with zero attached hydrogens (tertiary/aromatic N) is 3. The lowest BCUT2D eigenvalue weighted by atomic mass is 10.0. The largest absolute Gasteiger partial charge is 0.327 e. The highest BCUT2D eigenvalue weighted by Crippen LogP contribution is 2.23. The maximum absolute atomic E-state index is 13.1. The van der Waals surface area contributed by atoms with Gasteiger partial charge in [0.1, 0.15) is 0 Å². The van der Waals surface area contributed by atoms with Crippen molar-refractivity contribution in [1.82, 2.24) is 14.7 Å².